The van der Waals surface area contributed by atoms with E-state index in [9.17, 15) is 19.7 Å². The van der Waals surface area contributed by atoms with Crippen molar-refractivity contribution in [1.82, 2.24) is 20.8 Å². The molecule has 0 aliphatic carbocycles. The molecule has 0 spiro atoms. The third-order valence-corrected chi connectivity index (χ3v) is 4.08. The van der Waals surface area contributed by atoms with Crippen LogP contribution in [0.5, 0.6) is 11.5 Å². The van der Waals surface area contributed by atoms with E-state index in [4.69, 9.17) is 9.47 Å². The van der Waals surface area contributed by atoms with Gasteiger partial charge in [-0.1, -0.05) is 30.3 Å². The molecule has 0 aliphatic heterocycles. The summed E-state index contributed by atoms with van der Waals surface area (Å²) in [6.07, 6.45) is 1.01. The van der Waals surface area contributed by atoms with Crippen molar-refractivity contribution in [3.05, 3.63) is 76.6 Å². The summed E-state index contributed by atoms with van der Waals surface area (Å²) in [6, 6.07) is 15.1. The number of carbonyl (C=O) groups is 2. The molecule has 13 nitrogen and oxygen atoms in total. The number of nitrogens with one attached hydrogen (secondary N) is 4. The molecule has 0 radical (unpaired) electrons. The van der Waals surface area contributed by atoms with Crippen LogP contribution in [0.4, 0.5) is 17.3 Å². The Balaban J connectivity index is 1.64. The summed E-state index contributed by atoms with van der Waals surface area (Å²) in [5, 5.41) is 11.6. The van der Waals surface area contributed by atoms with Crippen molar-refractivity contribution in [2.75, 3.05) is 24.6 Å². The monoisotopic (exact) mass is 453 g/mol. The molecule has 13 heteroatoms. The molecule has 0 bridgehead atoms. The van der Waals surface area contributed by atoms with Crippen LogP contribution < -0.4 is 31.2 Å². The van der Waals surface area contributed by atoms with E-state index in [1.807, 2.05) is 0 Å². The number of hydrogen-bond donors (Lipinski definition) is 4. The van der Waals surface area contributed by atoms with Crippen molar-refractivity contribution in [1.29, 1.82) is 0 Å². The lowest BCUT2D eigenvalue weighted by atomic mass is 10.2. The molecule has 1 aromatic heterocycles. The van der Waals surface area contributed by atoms with Crippen LogP contribution in [0.25, 0.3) is 0 Å². The van der Waals surface area contributed by atoms with Gasteiger partial charge in [-0.3, -0.25) is 41.4 Å². The third kappa shape index (κ3) is 6.04. The maximum absolute atomic E-state index is 12.4. The summed E-state index contributed by atoms with van der Waals surface area (Å²) < 4.78 is 10.4. The van der Waals surface area contributed by atoms with Gasteiger partial charge in [-0.25, -0.2) is 9.97 Å². The molecule has 0 saturated carbocycles. The molecule has 33 heavy (non-hydrogen) atoms. The predicted octanol–water partition coefficient (Wildman–Crippen LogP) is 1.67. The van der Waals surface area contributed by atoms with Gasteiger partial charge in [0.2, 0.25) is 11.6 Å². The number of hydrogen-bond acceptors (Lipinski definition) is 10. The molecule has 0 saturated heterocycles. The van der Waals surface area contributed by atoms with Gasteiger partial charge >= 0.3 is 5.69 Å². The van der Waals surface area contributed by atoms with Gasteiger partial charge in [0.15, 0.2) is 6.61 Å². The predicted molar refractivity (Wildman–Crippen MR) is 116 cm³/mol. The Bertz CT molecular complexity index is 1140. The first-order valence-corrected chi connectivity index (χ1v) is 9.41. The highest BCUT2D eigenvalue weighted by molar-refractivity contribution is 5.97. The summed E-state index contributed by atoms with van der Waals surface area (Å²) in [5.41, 5.74) is 8.92. The van der Waals surface area contributed by atoms with Crippen molar-refractivity contribution in [2.24, 2.45) is 0 Å². The fourth-order valence-corrected chi connectivity index (χ4v) is 2.58. The molecule has 4 N–H and O–H groups in total. The van der Waals surface area contributed by atoms with E-state index in [2.05, 4.69) is 31.7 Å². The number of rotatable bonds is 10. The van der Waals surface area contributed by atoms with Gasteiger partial charge in [0, 0.05) is 0 Å². The SMILES string of the molecule is COc1ccccc1C(=O)NNc1ncnc(NNC(=O)COc2ccccc2)c1[N+](=O)[O-]. The standard InChI is InChI=1S/C20H19N7O6/c1-32-15-10-6-5-9-14(15)20(29)26-25-19-17(27(30)31)18(21-12-22-19)24-23-16(28)11-33-13-7-3-2-4-8-13/h2-10,12H,11H2,1H3,(H,23,28)(H,26,29)(H2,21,22,24,25). The quantitative estimate of drug-likeness (QED) is 0.261. The molecule has 0 unspecified atom stereocenters. The van der Waals surface area contributed by atoms with Crippen LogP contribution in [-0.4, -0.2) is 40.4 Å². The molecule has 2 aromatic carbocycles. The number of nitro groups is 1. The molecule has 0 atom stereocenters. The summed E-state index contributed by atoms with van der Waals surface area (Å²) in [7, 11) is 1.41. The van der Waals surface area contributed by atoms with E-state index in [1.54, 1.807) is 48.5 Å². The molecule has 0 aliphatic rings. The molecule has 3 rings (SSSR count). The maximum Gasteiger partial charge on any atom is 0.356 e. The molecule has 2 amide bonds. The Morgan fingerprint density at radius 1 is 0.970 bits per heavy atom. The third-order valence-electron chi connectivity index (χ3n) is 4.08. The minimum Gasteiger partial charge on any atom is -0.496 e. The van der Waals surface area contributed by atoms with E-state index in [1.165, 1.54) is 13.2 Å². The van der Waals surface area contributed by atoms with Crippen LogP contribution in [0.2, 0.25) is 0 Å². The van der Waals surface area contributed by atoms with E-state index in [0.717, 1.165) is 6.33 Å². The molecule has 0 fully saturated rings. The number of carbonyl (C=O) groups excluding carboxylic acids is 2. The molecule has 3 aromatic rings. The van der Waals surface area contributed by atoms with E-state index >= 15 is 0 Å². The number of amides is 2. The van der Waals surface area contributed by atoms with Gasteiger partial charge in [-0.05, 0) is 24.3 Å². The average molecular weight is 453 g/mol. The van der Waals surface area contributed by atoms with E-state index in [0.29, 0.717) is 11.5 Å². The second kappa shape index (κ2) is 10.9. The molecular weight excluding hydrogens is 434 g/mol. The normalized spacial score (nSPS) is 9.97. The van der Waals surface area contributed by atoms with Crippen molar-refractivity contribution in [3.63, 3.8) is 0 Å². The number of anilines is 2. The zero-order valence-corrected chi connectivity index (χ0v) is 17.3. The smallest absolute Gasteiger partial charge is 0.356 e. The number of benzene rings is 2. The number of para-hydroxylation sites is 2. The van der Waals surface area contributed by atoms with Crippen LogP contribution in [0.1, 0.15) is 10.4 Å². The Morgan fingerprint density at radius 2 is 1.61 bits per heavy atom. The molecule has 1 heterocycles. The fraction of sp³-hybridized carbons (Fsp3) is 0.100. The number of nitrogens with zero attached hydrogens (tertiary/aromatic N) is 3. The minimum atomic E-state index is -0.771. The van der Waals surface area contributed by atoms with Gasteiger partial charge in [-0.2, -0.15) is 0 Å². The zero-order chi connectivity index (χ0) is 23.6. The van der Waals surface area contributed by atoms with Gasteiger partial charge in [0.25, 0.3) is 11.8 Å². The lowest BCUT2D eigenvalue weighted by Gasteiger charge is -2.12. The van der Waals surface area contributed by atoms with Crippen molar-refractivity contribution in [2.45, 2.75) is 0 Å². The van der Waals surface area contributed by atoms with Crippen LogP contribution in [0.15, 0.2) is 60.9 Å². The Hall–Kier alpha value is -4.94. The number of aromatic nitrogens is 2. The first-order valence-electron chi connectivity index (χ1n) is 9.41. The summed E-state index contributed by atoms with van der Waals surface area (Å²) in [6.45, 7) is -0.337. The largest absolute Gasteiger partial charge is 0.496 e. The lowest BCUT2D eigenvalue weighted by Crippen LogP contribution is -2.34. The van der Waals surface area contributed by atoms with Gasteiger partial charge in [0.05, 0.1) is 17.6 Å². The maximum atomic E-state index is 12.4. The Labute approximate surface area is 187 Å². The fourth-order valence-electron chi connectivity index (χ4n) is 2.58. The Morgan fingerprint density at radius 3 is 2.27 bits per heavy atom. The Kier molecular flexibility index (Phi) is 7.51. The second-order valence-electron chi connectivity index (χ2n) is 6.23. The molecular formula is C20H19N7O6. The van der Waals surface area contributed by atoms with Crippen LogP contribution in [0, 0.1) is 10.1 Å². The second-order valence-corrected chi connectivity index (χ2v) is 6.23. The van der Waals surface area contributed by atoms with Crippen LogP contribution in [-0.2, 0) is 4.79 Å². The zero-order valence-electron chi connectivity index (χ0n) is 17.3. The topological polar surface area (TPSA) is 170 Å². The highest BCUT2D eigenvalue weighted by Gasteiger charge is 2.24. The summed E-state index contributed by atoms with van der Waals surface area (Å²) in [4.78, 5) is 42.8. The highest BCUT2D eigenvalue weighted by Crippen LogP contribution is 2.28. The first-order chi connectivity index (χ1) is 16.0. The average Bonchev–Trinajstić information content (AvgIpc) is 2.85. The van der Waals surface area contributed by atoms with Crippen molar-refractivity contribution in [3.8, 4) is 11.5 Å². The van der Waals surface area contributed by atoms with Gasteiger partial charge in [-0.15, -0.1) is 0 Å². The number of methoxy groups -OCH3 is 1. The van der Waals surface area contributed by atoms with Crippen molar-refractivity contribution >= 4 is 29.1 Å². The molecule has 170 valence electrons. The summed E-state index contributed by atoms with van der Waals surface area (Å²) in [5.74, 6) is -1.03. The number of hydrazine groups is 2. The summed E-state index contributed by atoms with van der Waals surface area (Å²) >= 11 is 0. The minimum absolute atomic E-state index is 0.202. The lowest BCUT2D eigenvalue weighted by molar-refractivity contribution is -0.383. The van der Waals surface area contributed by atoms with Gasteiger partial charge in [0.1, 0.15) is 17.8 Å². The van der Waals surface area contributed by atoms with Gasteiger partial charge < -0.3 is 9.47 Å². The highest BCUT2D eigenvalue weighted by atomic mass is 16.6. The number of ether oxygens (including phenoxy) is 2. The first kappa shape index (κ1) is 22.7. The van der Waals surface area contributed by atoms with E-state index in [-0.39, 0.29) is 23.8 Å². The van der Waals surface area contributed by atoms with Crippen LogP contribution in [0.3, 0.4) is 0 Å². The van der Waals surface area contributed by atoms with E-state index < -0.39 is 22.4 Å². The van der Waals surface area contributed by atoms with Crippen LogP contribution >= 0.6 is 0 Å². The van der Waals surface area contributed by atoms with Crippen molar-refractivity contribution < 1.29 is 24.0 Å².